The number of guanidine groups is 1. The second kappa shape index (κ2) is 10.7. The van der Waals surface area contributed by atoms with Gasteiger partial charge in [0.1, 0.15) is 0 Å². The molecule has 11 nitrogen and oxygen atoms in total. The molecule has 0 unspecified atom stereocenters. The lowest BCUT2D eigenvalue weighted by atomic mass is 9.79. The number of benzene rings is 1. The summed E-state index contributed by atoms with van der Waals surface area (Å²) in [4.78, 5) is 39.2. The number of aliphatic imine (C=N–C) groups is 2. The summed E-state index contributed by atoms with van der Waals surface area (Å²) in [6, 6.07) is 11.1. The maximum Gasteiger partial charge on any atom is 0.272 e. The molecule has 5 rings (SSSR count). The van der Waals surface area contributed by atoms with Crippen LogP contribution in [-0.2, 0) is 6.54 Å². The number of nitrogens with zero attached hydrogens (tertiary/aromatic N) is 8. The van der Waals surface area contributed by atoms with Crippen LogP contribution >= 0.6 is 0 Å². The minimum Gasteiger partial charge on any atom is -0.371 e. The van der Waals surface area contributed by atoms with Gasteiger partial charge in [0, 0.05) is 49.0 Å². The number of rotatable bonds is 7. The number of anilines is 2. The molecule has 1 aromatic carbocycles. The van der Waals surface area contributed by atoms with Gasteiger partial charge in [-0.3, -0.25) is 9.59 Å². The molecule has 2 aliphatic rings. The van der Waals surface area contributed by atoms with Crippen LogP contribution in [0.4, 0.5) is 17.2 Å². The Hall–Kier alpha value is -4.25. The summed E-state index contributed by atoms with van der Waals surface area (Å²) >= 11 is 0. The monoisotopic (exact) mass is 543 g/mol. The van der Waals surface area contributed by atoms with Gasteiger partial charge < -0.3 is 15.1 Å². The van der Waals surface area contributed by atoms with Crippen LogP contribution in [0.5, 0.6) is 0 Å². The van der Waals surface area contributed by atoms with Crippen molar-refractivity contribution in [2.75, 3.05) is 43.4 Å². The van der Waals surface area contributed by atoms with Crippen molar-refractivity contribution < 1.29 is 0 Å². The Labute approximate surface area is 233 Å². The molecule has 210 valence electrons. The lowest BCUT2D eigenvalue weighted by molar-refractivity contribution is 0.0424. The molecule has 0 bridgehead atoms. The van der Waals surface area contributed by atoms with Crippen molar-refractivity contribution >= 4 is 29.9 Å². The van der Waals surface area contributed by atoms with Crippen LogP contribution < -0.4 is 21.3 Å². The first kappa shape index (κ1) is 27.3. The molecule has 1 spiro atoms. The molecule has 2 aromatic heterocycles. The van der Waals surface area contributed by atoms with E-state index >= 15 is 0 Å². The third kappa shape index (κ3) is 5.04. The summed E-state index contributed by atoms with van der Waals surface area (Å²) in [5.74, 6) is 0.954. The van der Waals surface area contributed by atoms with Gasteiger partial charge in [-0.15, -0.1) is 11.7 Å². The standard InChI is InChI=1S/C29H37N9O2/c1-7-15-36-27(40)21(4)26(38(36)24-12-13-25(39)37(33-24)20(2)3)32-28(30-5)31-22-8-10-23(11-9-22)35-16-14-29(19-35)17-34(6)18-29/h7-13,20H,1,5,14-19H2,2-4,6H3,(H,31,32). The fraction of sp³-hybridized carbons (Fsp3) is 0.414. The van der Waals surface area contributed by atoms with E-state index in [1.54, 1.807) is 23.7 Å². The minimum absolute atomic E-state index is 0.160. The Kier molecular flexibility index (Phi) is 7.33. The Balaban J connectivity index is 1.45. The fourth-order valence-electron chi connectivity index (χ4n) is 5.80. The Morgan fingerprint density at radius 3 is 2.50 bits per heavy atom. The lowest BCUT2D eigenvalue weighted by Crippen LogP contribution is -2.55. The number of nitrogens with one attached hydrogen (secondary N) is 1. The number of hydrogen-bond donors (Lipinski definition) is 1. The van der Waals surface area contributed by atoms with Crippen molar-refractivity contribution in [1.29, 1.82) is 0 Å². The van der Waals surface area contributed by atoms with E-state index in [1.807, 2.05) is 26.0 Å². The number of allylic oxidation sites excluding steroid dienone is 1. The zero-order valence-electron chi connectivity index (χ0n) is 23.7. The molecule has 2 aliphatic heterocycles. The molecule has 3 aromatic rings. The van der Waals surface area contributed by atoms with Crippen molar-refractivity contribution in [2.24, 2.45) is 15.4 Å². The summed E-state index contributed by atoms with van der Waals surface area (Å²) in [5, 5.41) is 7.74. The van der Waals surface area contributed by atoms with Crippen molar-refractivity contribution in [3.8, 4) is 5.82 Å². The van der Waals surface area contributed by atoms with Gasteiger partial charge in [0.15, 0.2) is 11.6 Å². The summed E-state index contributed by atoms with van der Waals surface area (Å²) in [5.41, 5.74) is 2.37. The fourth-order valence-corrected chi connectivity index (χ4v) is 5.80. The second-order valence-electron chi connectivity index (χ2n) is 11.1. The highest BCUT2D eigenvalue weighted by atomic mass is 16.1. The van der Waals surface area contributed by atoms with Gasteiger partial charge in [0.2, 0.25) is 5.96 Å². The van der Waals surface area contributed by atoms with Crippen LogP contribution in [0.1, 0.15) is 31.9 Å². The van der Waals surface area contributed by atoms with E-state index < -0.39 is 0 Å². The Bertz CT molecular complexity index is 1570. The topological polar surface area (TPSA) is 105 Å². The molecular formula is C29H37N9O2. The highest BCUT2D eigenvalue weighted by Crippen LogP contribution is 2.40. The smallest absolute Gasteiger partial charge is 0.272 e. The molecule has 0 amide bonds. The van der Waals surface area contributed by atoms with E-state index in [-0.39, 0.29) is 29.7 Å². The van der Waals surface area contributed by atoms with Gasteiger partial charge in [0.05, 0.1) is 18.2 Å². The van der Waals surface area contributed by atoms with Crippen LogP contribution in [-0.4, -0.2) is 69.9 Å². The first-order chi connectivity index (χ1) is 19.1. The molecule has 0 aliphatic carbocycles. The number of hydrogen-bond acceptors (Lipinski definition) is 6. The largest absolute Gasteiger partial charge is 0.371 e. The first-order valence-electron chi connectivity index (χ1n) is 13.5. The molecule has 4 heterocycles. The normalized spacial score (nSPS) is 16.9. The van der Waals surface area contributed by atoms with Gasteiger partial charge in [-0.2, -0.15) is 4.99 Å². The summed E-state index contributed by atoms with van der Waals surface area (Å²) in [6.45, 7) is 17.6. The average molecular weight is 544 g/mol. The summed E-state index contributed by atoms with van der Waals surface area (Å²) in [6.07, 6.45) is 2.85. The lowest BCUT2D eigenvalue weighted by Gasteiger charge is -2.46. The molecule has 2 saturated heterocycles. The zero-order chi connectivity index (χ0) is 28.6. The number of likely N-dealkylation sites (tertiary alicyclic amines) is 1. The molecular weight excluding hydrogens is 506 g/mol. The SMILES string of the molecule is C=CCn1c(=O)c(C)c(N=C(N=C)Nc2ccc(N3CCC4(CN(C)C4)C3)cc2)n1-c1ccc(=O)n(C(C)C)n1. The van der Waals surface area contributed by atoms with Gasteiger partial charge in [-0.05, 0) is 71.3 Å². The average Bonchev–Trinajstić information content (AvgIpc) is 3.45. The Morgan fingerprint density at radius 2 is 1.88 bits per heavy atom. The Morgan fingerprint density at radius 1 is 1.15 bits per heavy atom. The second-order valence-corrected chi connectivity index (χ2v) is 11.1. The van der Waals surface area contributed by atoms with E-state index in [0.717, 1.165) is 18.8 Å². The van der Waals surface area contributed by atoms with E-state index in [1.165, 1.54) is 40.6 Å². The van der Waals surface area contributed by atoms with Crippen LogP contribution in [0.25, 0.3) is 5.82 Å². The molecule has 2 fully saturated rings. The molecule has 11 heteroatoms. The van der Waals surface area contributed by atoms with E-state index in [4.69, 9.17) is 4.99 Å². The van der Waals surface area contributed by atoms with Crippen LogP contribution in [0, 0.1) is 12.3 Å². The minimum atomic E-state index is -0.239. The molecule has 40 heavy (non-hydrogen) atoms. The molecule has 0 atom stereocenters. The van der Waals surface area contributed by atoms with Crippen LogP contribution in [0.15, 0.2) is 68.6 Å². The van der Waals surface area contributed by atoms with Crippen molar-refractivity contribution in [1.82, 2.24) is 24.0 Å². The van der Waals surface area contributed by atoms with Crippen molar-refractivity contribution in [2.45, 2.75) is 39.8 Å². The van der Waals surface area contributed by atoms with Gasteiger partial charge in [-0.25, -0.2) is 19.0 Å². The molecule has 0 saturated carbocycles. The van der Waals surface area contributed by atoms with Gasteiger partial charge >= 0.3 is 0 Å². The van der Waals surface area contributed by atoms with Gasteiger partial charge in [0.25, 0.3) is 11.1 Å². The van der Waals surface area contributed by atoms with E-state index in [2.05, 4.69) is 57.7 Å². The predicted octanol–water partition coefficient (Wildman–Crippen LogP) is 3.21. The maximum atomic E-state index is 13.2. The third-order valence-corrected chi connectivity index (χ3v) is 7.65. The maximum absolute atomic E-state index is 13.2. The quantitative estimate of drug-likeness (QED) is 0.279. The van der Waals surface area contributed by atoms with Gasteiger partial charge in [-0.1, -0.05) is 6.08 Å². The summed E-state index contributed by atoms with van der Waals surface area (Å²) in [7, 11) is 2.18. The third-order valence-electron chi connectivity index (χ3n) is 7.65. The summed E-state index contributed by atoms with van der Waals surface area (Å²) < 4.78 is 4.45. The predicted molar refractivity (Wildman–Crippen MR) is 161 cm³/mol. The first-order valence-corrected chi connectivity index (χ1v) is 13.5. The van der Waals surface area contributed by atoms with Crippen LogP contribution in [0.2, 0.25) is 0 Å². The van der Waals surface area contributed by atoms with E-state index in [9.17, 15) is 9.59 Å². The highest BCUT2D eigenvalue weighted by molar-refractivity contribution is 5.98. The molecule has 0 radical (unpaired) electrons. The van der Waals surface area contributed by atoms with Crippen LogP contribution in [0.3, 0.4) is 0 Å². The highest BCUT2D eigenvalue weighted by Gasteiger charge is 2.46. The van der Waals surface area contributed by atoms with Crippen molar-refractivity contribution in [3.05, 3.63) is 75.3 Å². The number of aromatic nitrogens is 4. The van der Waals surface area contributed by atoms with E-state index in [0.29, 0.717) is 22.6 Å². The molecule has 1 N–H and O–H groups in total. The van der Waals surface area contributed by atoms with Crippen molar-refractivity contribution in [3.63, 3.8) is 0 Å². The zero-order valence-corrected chi connectivity index (χ0v) is 23.7.